The molecule has 0 saturated heterocycles. The molecule has 2 nitrogen and oxygen atoms in total. The van der Waals surface area contributed by atoms with E-state index in [0.29, 0.717) is 0 Å². The SMILES string of the molecule is CC(O)CCCCCCCCCC(C)C=O. The highest BCUT2D eigenvalue weighted by molar-refractivity contribution is 5.52. The van der Waals surface area contributed by atoms with E-state index in [1.807, 2.05) is 13.8 Å². The number of rotatable bonds is 11. The molecule has 0 aliphatic rings. The van der Waals surface area contributed by atoms with Crippen molar-refractivity contribution in [2.75, 3.05) is 0 Å². The van der Waals surface area contributed by atoms with E-state index in [-0.39, 0.29) is 12.0 Å². The Balaban J connectivity index is 3.01. The van der Waals surface area contributed by atoms with Crippen LogP contribution in [-0.4, -0.2) is 17.5 Å². The molecule has 1 N–H and O–H groups in total. The summed E-state index contributed by atoms with van der Waals surface area (Å²) in [5, 5.41) is 9.07. The maximum Gasteiger partial charge on any atom is 0.122 e. The van der Waals surface area contributed by atoms with Crippen molar-refractivity contribution in [3.05, 3.63) is 0 Å². The van der Waals surface area contributed by atoms with Gasteiger partial charge < -0.3 is 9.90 Å². The van der Waals surface area contributed by atoms with Crippen LogP contribution >= 0.6 is 0 Å². The predicted molar refractivity (Wildman–Crippen MR) is 68.5 cm³/mol. The Labute approximate surface area is 100 Å². The molecular weight excluding hydrogens is 200 g/mol. The van der Waals surface area contributed by atoms with Gasteiger partial charge in [0.1, 0.15) is 6.29 Å². The number of carbonyl (C=O) groups excluding carboxylic acids is 1. The molecular formula is C14H28O2. The Kier molecular flexibility index (Phi) is 10.9. The van der Waals surface area contributed by atoms with Crippen LogP contribution in [0, 0.1) is 5.92 Å². The molecule has 2 heteroatoms. The molecule has 96 valence electrons. The number of carbonyl (C=O) groups is 1. The highest BCUT2D eigenvalue weighted by Gasteiger charge is 1.99. The summed E-state index contributed by atoms with van der Waals surface area (Å²) in [5.74, 6) is 0.242. The second kappa shape index (κ2) is 11.1. The van der Waals surface area contributed by atoms with Crippen molar-refractivity contribution in [3.63, 3.8) is 0 Å². The number of aldehydes is 1. The Morgan fingerprint density at radius 1 is 0.875 bits per heavy atom. The summed E-state index contributed by atoms with van der Waals surface area (Å²) in [5.41, 5.74) is 0. The van der Waals surface area contributed by atoms with Gasteiger partial charge in [-0.05, 0) is 19.8 Å². The molecule has 0 aliphatic carbocycles. The van der Waals surface area contributed by atoms with Crippen molar-refractivity contribution in [1.29, 1.82) is 0 Å². The van der Waals surface area contributed by atoms with Gasteiger partial charge in [-0.25, -0.2) is 0 Å². The van der Waals surface area contributed by atoms with Crippen molar-refractivity contribution in [1.82, 2.24) is 0 Å². The number of hydrogen-bond donors (Lipinski definition) is 1. The van der Waals surface area contributed by atoms with E-state index < -0.39 is 0 Å². The molecule has 0 aromatic rings. The molecule has 0 spiro atoms. The monoisotopic (exact) mass is 228 g/mol. The van der Waals surface area contributed by atoms with Gasteiger partial charge in [0, 0.05) is 5.92 Å². The second-order valence-electron chi connectivity index (χ2n) is 5.01. The molecule has 0 bridgehead atoms. The molecule has 0 aromatic heterocycles. The lowest BCUT2D eigenvalue weighted by Gasteiger charge is -2.05. The van der Waals surface area contributed by atoms with E-state index in [4.69, 9.17) is 5.11 Å². The van der Waals surface area contributed by atoms with Gasteiger partial charge in [-0.2, -0.15) is 0 Å². The summed E-state index contributed by atoms with van der Waals surface area (Å²) >= 11 is 0. The van der Waals surface area contributed by atoms with Gasteiger partial charge in [0.15, 0.2) is 0 Å². The minimum Gasteiger partial charge on any atom is -0.393 e. The largest absolute Gasteiger partial charge is 0.393 e. The lowest BCUT2D eigenvalue weighted by atomic mass is 10.0. The van der Waals surface area contributed by atoms with Crippen LogP contribution in [0.3, 0.4) is 0 Å². The Hall–Kier alpha value is -0.370. The van der Waals surface area contributed by atoms with Gasteiger partial charge in [-0.3, -0.25) is 0 Å². The number of aliphatic hydroxyl groups excluding tert-OH is 1. The Bertz CT molecular complexity index is 155. The summed E-state index contributed by atoms with van der Waals surface area (Å²) in [6, 6.07) is 0. The summed E-state index contributed by atoms with van der Waals surface area (Å²) in [4.78, 5) is 10.4. The lowest BCUT2D eigenvalue weighted by Crippen LogP contribution is -1.98. The quantitative estimate of drug-likeness (QED) is 0.432. The van der Waals surface area contributed by atoms with Crippen LogP contribution in [0.5, 0.6) is 0 Å². The lowest BCUT2D eigenvalue weighted by molar-refractivity contribution is -0.110. The van der Waals surface area contributed by atoms with Crippen LogP contribution in [0.2, 0.25) is 0 Å². The molecule has 0 saturated carbocycles. The van der Waals surface area contributed by atoms with Gasteiger partial charge in [-0.15, -0.1) is 0 Å². The van der Waals surface area contributed by atoms with Gasteiger partial charge in [0.25, 0.3) is 0 Å². The third-order valence-electron chi connectivity index (χ3n) is 3.01. The fourth-order valence-corrected chi connectivity index (χ4v) is 1.86. The fourth-order valence-electron chi connectivity index (χ4n) is 1.86. The molecule has 0 radical (unpaired) electrons. The average Bonchev–Trinajstić information content (AvgIpc) is 2.26. The normalized spacial score (nSPS) is 14.7. The highest BCUT2D eigenvalue weighted by atomic mass is 16.3. The Morgan fingerprint density at radius 3 is 1.75 bits per heavy atom. The van der Waals surface area contributed by atoms with E-state index in [1.54, 1.807) is 0 Å². The molecule has 2 unspecified atom stereocenters. The first-order chi connectivity index (χ1) is 7.66. The minimum atomic E-state index is -0.134. The molecule has 2 atom stereocenters. The standard InChI is InChI=1S/C14H28O2/c1-13(12-15)10-8-6-4-3-5-7-9-11-14(2)16/h12-14,16H,3-11H2,1-2H3. The summed E-state index contributed by atoms with van der Waals surface area (Å²) in [6.07, 6.45) is 11.6. The summed E-state index contributed by atoms with van der Waals surface area (Å²) in [6.45, 7) is 3.84. The van der Waals surface area contributed by atoms with Gasteiger partial charge in [0.05, 0.1) is 6.10 Å². The van der Waals surface area contributed by atoms with Crippen molar-refractivity contribution < 1.29 is 9.90 Å². The molecule has 0 amide bonds. The fraction of sp³-hybridized carbons (Fsp3) is 0.929. The summed E-state index contributed by atoms with van der Waals surface area (Å²) < 4.78 is 0. The molecule has 0 heterocycles. The minimum absolute atomic E-state index is 0.134. The first kappa shape index (κ1) is 15.6. The smallest absolute Gasteiger partial charge is 0.122 e. The zero-order valence-corrected chi connectivity index (χ0v) is 11.0. The van der Waals surface area contributed by atoms with Crippen LogP contribution in [0.15, 0.2) is 0 Å². The van der Waals surface area contributed by atoms with E-state index in [0.717, 1.165) is 25.5 Å². The van der Waals surface area contributed by atoms with Crippen LogP contribution in [0.25, 0.3) is 0 Å². The third-order valence-corrected chi connectivity index (χ3v) is 3.01. The van der Waals surface area contributed by atoms with Crippen LogP contribution in [0.4, 0.5) is 0 Å². The predicted octanol–water partition coefficient (Wildman–Crippen LogP) is 3.71. The third kappa shape index (κ3) is 11.7. The van der Waals surface area contributed by atoms with Gasteiger partial charge in [-0.1, -0.05) is 51.9 Å². The second-order valence-corrected chi connectivity index (χ2v) is 5.01. The Morgan fingerprint density at radius 2 is 1.31 bits per heavy atom. The number of hydrogen-bond acceptors (Lipinski definition) is 2. The first-order valence-electron chi connectivity index (χ1n) is 6.80. The average molecular weight is 228 g/mol. The maximum atomic E-state index is 10.4. The van der Waals surface area contributed by atoms with E-state index in [9.17, 15) is 4.79 Å². The summed E-state index contributed by atoms with van der Waals surface area (Å²) in [7, 11) is 0. The van der Waals surface area contributed by atoms with E-state index in [1.165, 1.54) is 38.5 Å². The molecule has 0 aromatic carbocycles. The molecule has 0 fully saturated rings. The van der Waals surface area contributed by atoms with Gasteiger partial charge >= 0.3 is 0 Å². The highest BCUT2D eigenvalue weighted by Crippen LogP contribution is 2.12. The van der Waals surface area contributed by atoms with Crippen molar-refractivity contribution >= 4 is 6.29 Å². The zero-order valence-electron chi connectivity index (χ0n) is 11.0. The topological polar surface area (TPSA) is 37.3 Å². The van der Waals surface area contributed by atoms with Crippen LogP contribution in [-0.2, 0) is 4.79 Å². The maximum absolute atomic E-state index is 10.4. The van der Waals surface area contributed by atoms with Crippen LogP contribution < -0.4 is 0 Å². The first-order valence-corrected chi connectivity index (χ1v) is 6.80. The molecule has 0 aliphatic heterocycles. The van der Waals surface area contributed by atoms with Crippen LogP contribution in [0.1, 0.15) is 71.6 Å². The van der Waals surface area contributed by atoms with E-state index >= 15 is 0 Å². The number of unbranched alkanes of at least 4 members (excludes halogenated alkanes) is 6. The van der Waals surface area contributed by atoms with Crippen molar-refractivity contribution in [3.8, 4) is 0 Å². The van der Waals surface area contributed by atoms with Gasteiger partial charge in [0.2, 0.25) is 0 Å². The van der Waals surface area contributed by atoms with E-state index in [2.05, 4.69) is 0 Å². The molecule has 16 heavy (non-hydrogen) atoms. The molecule has 0 rings (SSSR count). The van der Waals surface area contributed by atoms with Crippen molar-refractivity contribution in [2.45, 2.75) is 77.7 Å². The zero-order chi connectivity index (χ0) is 12.2. The van der Waals surface area contributed by atoms with Crippen molar-refractivity contribution in [2.24, 2.45) is 5.92 Å². The number of aliphatic hydroxyl groups is 1.